The standard InChI is InChI=1S/C14H13ClN2O3/c15-9-6-11(16-8-9)14(18)17-10-2-3-12-13(7-10)20-5-1-4-19-12/h2-3,6-8,16H,1,4-5H2,(H,17,18). The number of H-pyrrole nitrogens is 1. The molecule has 0 spiro atoms. The van der Waals surface area contributed by atoms with E-state index < -0.39 is 0 Å². The smallest absolute Gasteiger partial charge is 0.272 e. The van der Waals surface area contributed by atoms with E-state index in [-0.39, 0.29) is 5.91 Å². The van der Waals surface area contributed by atoms with Crippen molar-refractivity contribution in [3.63, 3.8) is 0 Å². The monoisotopic (exact) mass is 292 g/mol. The molecule has 0 bridgehead atoms. The minimum absolute atomic E-state index is 0.258. The summed E-state index contributed by atoms with van der Waals surface area (Å²) in [4.78, 5) is 14.8. The highest BCUT2D eigenvalue weighted by atomic mass is 35.5. The van der Waals surface area contributed by atoms with Crippen LogP contribution >= 0.6 is 11.6 Å². The molecule has 0 unspecified atom stereocenters. The van der Waals surface area contributed by atoms with Gasteiger partial charge in [0.2, 0.25) is 0 Å². The second-order valence-corrected chi connectivity index (χ2v) is 4.83. The number of hydrogen-bond donors (Lipinski definition) is 2. The lowest BCUT2D eigenvalue weighted by Gasteiger charge is -2.10. The number of anilines is 1. The fraction of sp³-hybridized carbons (Fsp3) is 0.214. The van der Waals surface area contributed by atoms with Gasteiger partial charge in [0.25, 0.3) is 5.91 Å². The summed E-state index contributed by atoms with van der Waals surface area (Å²) in [6, 6.07) is 6.89. The Labute approximate surface area is 120 Å². The van der Waals surface area contributed by atoms with E-state index in [4.69, 9.17) is 21.1 Å². The molecule has 0 atom stereocenters. The molecule has 1 aromatic heterocycles. The Morgan fingerprint density at radius 3 is 2.75 bits per heavy atom. The van der Waals surface area contributed by atoms with E-state index in [0.29, 0.717) is 41.1 Å². The number of ether oxygens (including phenoxy) is 2. The zero-order valence-electron chi connectivity index (χ0n) is 10.6. The number of aromatic nitrogens is 1. The zero-order valence-corrected chi connectivity index (χ0v) is 11.4. The largest absolute Gasteiger partial charge is 0.490 e. The van der Waals surface area contributed by atoms with Crippen LogP contribution < -0.4 is 14.8 Å². The lowest BCUT2D eigenvalue weighted by Crippen LogP contribution is -2.12. The average molecular weight is 293 g/mol. The van der Waals surface area contributed by atoms with Crippen molar-refractivity contribution in [3.8, 4) is 11.5 Å². The van der Waals surface area contributed by atoms with Crippen molar-refractivity contribution in [1.82, 2.24) is 4.98 Å². The normalized spacial score (nSPS) is 13.7. The third-order valence-corrected chi connectivity index (χ3v) is 3.12. The summed E-state index contributed by atoms with van der Waals surface area (Å²) in [6.07, 6.45) is 2.40. The molecule has 5 nitrogen and oxygen atoms in total. The summed E-state index contributed by atoms with van der Waals surface area (Å²) in [5.74, 6) is 1.08. The van der Waals surface area contributed by atoms with E-state index in [1.165, 1.54) is 0 Å². The summed E-state index contributed by atoms with van der Waals surface area (Å²) < 4.78 is 11.1. The van der Waals surface area contributed by atoms with Gasteiger partial charge in [-0.15, -0.1) is 0 Å². The predicted molar refractivity (Wildman–Crippen MR) is 75.8 cm³/mol. The van der Waals surface area contributed by atoms with Crippen molar-refractivity contribution in [3.05, 3.63) is 41.2 Å². The minimum Gasteiger partial charge on any atom is -0.490 e. The minimum atomic E-state index is -0.258. The highest BCUT2D eigenvalue weighted by Crippen LogP contribution is 2.32. The topological polar surface area (TPSA) is 63.4 Å². The van der Waals surface area contributed by atoms with Crippen LogP contribution in [0.5, 0.6) is 11.5 Å². The lowest BCUT2D eigenvalue weighted by atomic mass is 10.2. The fourth-order valence-corrected chi connectivity index (χ4v) is 2.10. The molecule has 1 aromatic carbocycles. The average Bonchev–Trinajstić information content (AvgIpc) is 2.74. The summed E-state index contributed by atoms with van der Waals surface area (Å²) in [5.41, 5.74) is 1.05. The first-order valence-electron chi connectivity index (χ1n) is 6.27. The van der Waals surface area contributed by atoms with Gasteiger partial charge in [0.05, 0.1) is 18.2 Å². The molecule has 2 heterocycles. The third kappa shape index (κ3) is 2.72. The maximum atomic E-state index is 12.0. The second-order valence-electron chi connectivity index (χ2n) is 4.40. The first-order valence-corrected chi connectivity index (χ1v) is 6.65. The maximum absolute atomic E-state index is 12.0. The molecule has 0 saturated carbocycles. The SMILES string of the molecule is O=C(Nc1ccc2c(c1)OCCCO2)c1cc(Cl)c[nH]1. The number of aromatic amines is 1. The Hall–Kier alpha value is -2.14. The lowest BCUT2D eigenvalue weighted by molar-refractivity contribution is 0.102. The van der Waals surface area contributed by atoms with E-state index in [2.05, 4.69) is 10.3 Å². The molecule has 20 heavy (non-hydrogen) atoms. The second kappa shape index (κ2) is 5.46. The number of benzene rings is 1. The van der Waals surface area contributed by atoms with Gasteiger partial charge in [0.1, 0.15) is 5.69 Å². The number of fused-ring (bicyclic) bond motifs is 1. The van der Waals surface area contributed by atoms with Crippen LogP contribution in [0.2, 0.25) is 5.02 Å². The van der Waals surface area contributed by atoms with Gasteiger partial charge in [-0.25, -0.2) is 0 Å². The third-order valence-electron chi connectivity index (χ3n) is 2.90. The molecule has 1 aliphatic rings. The van der Waals surface area contributed by atoms with Gasteiger partial charge < -0.3 is 19.8 Å². The van der Waals surface area contributed by atoms with Crippen molar-refractivity contribution in [1.29, 1.82) is 0 Å². The summed E-state index contributed by atoms with van der Waals surface area (Å²) in [6.45, 7) is 1.25. The van der Waals surface area contributed by atoms with Gasteiger partial charge in [0, 0.05) is 24.4 Å². The predicted octanol–water partition coefficient (Wildman–Crippen LogP) is 3.08. The van der Waals surface area contributed by atoms with Crippen LogP contribution in [0.4, 0.5) is 5.69 Å². The molecule has 3 rings (SSSR count). The molecule has 0 radical (unpaired) electrons. The van der Waals surface area contributed by atoms with Crippen molar-refractivity contribution in [2.24, 2.45) is 0 Å². The van der Waals surface area contributed by atoms with E-state index in [1.807, 2.05) is 0 Å². The summed E-state index contributed by atoms with van der Waals surface area (Å²) >= 11 is 5.77. The van der Waals surface area contributed by atoms with Crippen LogP contribution in [0.25, 0.3) is 0 Å². The Balaban J connectivity index is 1.77. The van der Waals surface area contributed by atoms with Crippen molar-refractivity contribution < 1.29 is 14.3 Å². The zero-order chi connectivity index (χ0) is 13.9. The van der Waals surface area contributed by atoms with Gasteiger partial charge in [-0.2, -0.15) is 0 Å². The van der Waals surface area contributed by atoms with Crippen LogP contribution in [0, 0.1) is 0 Å². The Morgan fingerprint density at radius 2 is 2.00 bits per heavy atom. The van der Waals surface area contributed by atoms with Crippen LogP contribution in [0.1, 0.15) is 16.9 Å². The molecule has 0 fully saturated rings. The van der Waals surface area contributed by atoms with Gasteiger partial charge >= 0.3 is 0 Å². The number of halogens is 1. The number of carbonyl (C=O) groups is 1. The quantitative estimate of drug-likeness (QED) is 0.894. The van der Waals surface area contributed by atoms with Crippen molar-refractivity contribution in [2.75, 3.05) is 18.5 Å². The number of rotatable bonds is 2. The molecule has 0 aliphatic carbocycles. The number of hydrogen-bond acceptors (Lipinski definition) is 3. The first kappa shape index (κ1) is 12.9. The fourth-order valence-electron chi connectivity index (χ4n) is 1.94. The molecule has 1 amide bonds. The number of amides is 1. The highest BCUT2D eigenvalue weighted by Gasteiger charge is 2.13. The molecule has 0 saturated heterocycles. The summed E-state index contributed by atoms with van der Waals surface area (Å²) in [5, 5.41) is 3.27. The molecular weight excluding hydrogens is 280 g/mol. The van der Waals surface area contributed by atoms with Crippen LogP contribution in [0.3, 0.4) is 0 Å². The van der Waals surface area contributed by atoms with E-state index >= 15 is 0 Å². The van der Waals surface area contributed by atoms with E-state index in [0.717, 1.165) is 6.42 Å². The molecule has 104 valence electrons. The molecule has 1 aliphatic heterocycles. The van der Waals surface area contributed by atoms with Crippen LogP contribution in [-0.4, -0.2) is 24.1 Å². The highest BCUT2D eigenvalue weighted by molar-refractivity contribution is 6.31. The Kier molecular flexibility index (Phi) is 3.52. The molecule has 2 N–H and O–H groups in total. The van der Waals surface area contributed by atoms with Gasteiger partial charge in [-0.1, -0.05) is 11.6 Å². The number of nitrogens with one attached hydrogen (secondary N) is 2. The number of carbonyl (C=O) groups excluding carboxylic acids is 1. The van der Waals surface area contributed by atoms with Crippen LogP contribution in [0.15, 0.2) is 30.5 Å². The first-order chi connectivity index (χ1) is 9.72. The van der Waals surface area contributed by atoms with E-state index in [1.54, 1.807) is 30.5 Å². The van der Waals surface area contributed by atoms with Gasteiger partial charge in [-0.05, 0) is 18.2 Å². The van der Waals surface area contributed by atoms with Crippen molar-refractivity contribution >= 4 is 23.2 Å². The maximum Gasteiger partial charge on any atom is 0.272 e. The Morgan fingerprint density at radius 1 is 1.20 bits per heavy atom. The molecule has 6 heteroatoms. The van der Waals surface area contributed by atoms with Crippen LogP contribution in [-0.2, 0) is 0 Å². The molecular formula is C14H13ClN2O3. The van der Waals surface area contributed by atoms with Crippen molar-refractivity contribution in [2.45, 2.75) is 6.42 Å². The van der Waals surface area contributed by atoms with E-state index in [9.17, 15) is 4.79 Å². The molecule has 2 aromatic rings. The summed E-state index contributed by atoms with van der Waals surface area (Å²) in [7, 11) is 0. The van der Waals surface area contributed by atoms with Gasteiger partial charge in [-0.3, -0.25) is 4.79 Å². The van der Waals surface area contributed by atoms with Gasteiger partial charge in [0.15, 0.2) is 11.5 Å². The Bertz CT molecular complexity index is 639.